The highest BCUT2D eigenvalue weighted by atomic mass is 32.1. The molecule has 21 heteroatoms. The second kappa shape index (κ2) is 24.2. The van der Waals surface area contributed by atoms with Crippen LogP contribution in [0.3, 0.4) is 0 Å². The van der Waals surface area contributed by atoms with Crippen molar-refractivity contribution in [2.45, 2.75) is 81.2 Å². The number of rotatable bonds is 25. The van der Waals surface area contributed by atoms with Gasteiger partial charge in [0.05, 0.1) is 6.04 Å². The summed E-state index contributed by atoms with van der Waals surface area (Å²) < 4.78 is 0. The molecule has 15 N–H and O–H groups in total. The summed E-state index contributed by atoms with van der Waals surface area (Å²) in [6.45, 7) is 0.0737. The van der Waals surface area contributed by atoms with Crippen molar-refractivity contribution in [1.29, 1.82) is 0 Å². The van der Waals surface area contributed by atoms with E-state index in [0.29, 0.717) is 16.9 Å². The maximum atomic E-state index is 14.2. The number of H-pyrrole nitrogens is 1. The van der Waals surface area contributed by atoms with E-state index in [9.17, 15) is 38.7 Å². The number of guanidine groups is 1. The Bertz CT molecular complexity index is 1940. The van der Waals surface area contributed by atoms with Crippen molar-refractivity contribution in [3.8, 4) is 0 Å². The highest BCUT2D eigenvalue weighted by molar-refractivity contribution is 7.80. The van der Waals surface area contributed by atoms with Crippen LogP contribution in [0.5, 0.6) is 0 Å². The third-order valence-electron chi connectivity index (χ3n) is 9.11. The van der Waals surface area contributed by atoms with E-state index in [1.807, 2.05) is 18.2 Å². The molecule has 59 heavy (non-hydrogen) atoms. The molecule has 2 aromatic carbocycles. The molecule has 19 nitrogen and oxygen atoms in total. The number of nitrogens with two attached hydrogens (primary N) is 4. The predicted molar refractivity (Wildman–Crippen MR) is 228 cm³/mol. The van der Waals surface area contributed by atoms with Crippen molar-refractivity contribution >= 4 is 83.5 Å². The number of aliphatic carboxylic acids is 1. The number of carboxylic acid groups (broad SMARTS) is 1. The van der Waals surface area contributed by atoms with Crippen LogP contribution in [0.1, 0.15) is 43.2 Å². The molecule has 0 fully saturated rings. The van der Waals surface area contributed by atoms with Crippen LogP contribution in [0.2, 0.25) is 0 Å². The van der Waals surface area contributed by atoms with Gasteiger partial charge in [0.15, 0.2) is 5.96 Å². The molecule has 0 unspecified atom stereocenters. The number of benzene rings is 2. The van der Waals surface area contributed by atoms with Gasteiger partial charge in [-0.1, -0.05) is 48.5 Å². The van der Waals surface area contributed by atoms with Gasteiger partial charge in [0.1, 0.15) is 30.2 Å². The fourth-order valence-electron chi connectivity index (χ4n) is 5.94. The maximum Gasteiger partial charge on any atom is 0.327 e. The summed E-state index contributed by atoms with van der Waals surface area (Å²) in [6.07, 6.45) is 1.39. The number of amides is 6. The third-order valence-corrected chi connectivity index (χ3v) is 9.74. The second-order valence-electron chi connectivity index (χ2n) is 13.7. The van der Waals surface area contributed by atoms with E-state index in [-0.39, 0.29) is 63.2 Å². The van der Waals surface area contributed by atoms with E-state index in [1.54, 1.807) is 42.6 Å². The second-order valence-corrected chi connectivity index (χ2v) is 14.5. The molecule has 0 saturated heterocycles. The summed E-state index contributed by atoms with van der Waals surface area (Å²) in [5.74, 6) is -6.15. The van der Waals surface area contributed by atoms with Gasteiger partial charge >= 0.3 is 5.97 Å². The molecule has 320 valence electrons. The Hall–Kier alpha value is -5.80. The van der Waals surface area contributed by atoms with E-state index in [0.717, 1.165) is 10.9 Å². The summed E-state index contributed by atoms with van der Waals surface area (Å²) in [6, 6.07) is 8.22. The van der Waals surface area contributed by atoms with E-state index in [2.05, 4.69) is 61.8 Å². The number of para-hydroxylation sites is 1. The number of aromatic amines is 1. The van der Waals surface area contributed by atoms with Gasteiger partial charge in [-0.25, -0.2) is 4.79 Å². The molecule has 6 atom stereocenters. The molecule has 0 aliphatic heterocycles. The predicted octanol–water partition coefficient (Wildman–Crippen LogP) is -1.64. The number of nitrogens with one attached hydrogen (secondary N) is 6. The van der Waals surface area contributed by atoms with Gasteiger partial charge in [0, 0.05) is 48.7 Å². The summed E-state index contributed by atoms with van der Waals surface area (Å²) in [7, 11) is 0. The maximum absolute atomic E-state index is 14.2. The topological polar surface area (TPSA) is 332 Å². The summed E-state index contributed by atoms with van der Waals surface area (Å²) in [5.41, 5.74) is 24.3. The zero-order chi connectivity index (χ0) is 43.5. The van der Waals surface area contributed by atoms with Crippen LogP contribution >= 0.6 is 25.3 Å². The monoisotopic (exact) mass is 855 g/mol. The minimum atomic E-state index is -1.37. The number of fused-ring (bicyclic) bond motifs is 1. The van der Waals surface area contributed by atoms with Crippen LogP contribution in [0.25, 0.3) is 10.9 Å². The number of thiol groups is 2. The van der Waals surface area contributed by atoms with Crippen LogP contribution < -0.4 is 49.5 Å². The zero-order valence-corrected chi connectivity index (χ0v) is 34.1. The first-order chi connectivity index (χ1) is 28.1. The normalized spacial score (nSPS) is 14.0. The van der Waals surface area contributed by atoms with Crippen molar-refractivity contribution < 1.29 is 38.7 Å². The van der Waals surface area contributed by atoms with E-state index < -0.39 is 77.7 Å². The average Bonchev–Trinajstić information content (AvgIpc) is 3.61. The molecular weight excluding hydrogens is 803 g/mol. The molecule has 0 spiro atoms. The molecule has 0 saturated carbocycles. The molecule has 0 bridgehead atoms. The Morgan fingerprint density at radius 3 is 1.81 bits per heavy atom. The first-order valence-corrected chi connectivity index (χ1v) is 20.0. The number of primary amides is 1. The summed E-state index contributed by atoms with van der Waals surface area (Å²) >= 11 is 8.13. The summed E-state index contributed by atoms with van der Waals surface area (Å²) in [5, 5.41) is 23.3. The number of hydrogen-bond donors (Lipinski definition) is 13. The lowest BCUT2D eigenvalue weighted by Crippen LogP contribution is -2.60. The molecule has 3 aromatic rings. The number of hydrogen-bond acceptors (Lipinski definition) is 11. The lowest BCUT2D eigenvalue weighted by atomic mass is 10.0. The average molecular weight is 856 g/mol. The third kappa shape index (κ3) is 15.8. The fourth-order valence-corrected chi connectivity index (χ4v) is 6.47. The SMILES string of the molecule is NC(=O)CC[C@@H](NC(=O)[C@@H](N)CCS)C(=O)N[C@H](Cc1ccccc1)C(=O)N[C@@H](CCCN=C(N)N)C(=O)N[C@@H](Cc1c[nH]c2ccccc12)C(=O)N[C@@H](CS)C(=O)O. The number of carbonyl (C=O) groups is 7. The van der Waals surface area contributed by atoms with Gasteiger partial charge in [-0.2, -0.15) is 25.3 Å². The highest BCUT2D eigenvalue weighted by Gasteiger charge is 2.33. The number of carboxylic acids is 1. The molecular formula is C38H53N11O8S2. The molecule has 1 aromatic heterocycles. The largest absolute Gasteiger partial charge is 0.480 e. The smallest absolute Gasteiger partial charge is 0.327 e. The number of carbonyl (C=O) groups excluding carboxylic acids is 6. The van der Waals surface area contributed by atoms with Crippen LogP contribution in [-0.2, 0) is 46.4 Å². The number of aromatic nitrogens is 1. The molecule has 0 aliphatic carbocycles. The highest BCUT2D eigenvalue weighted by Crippen LogP contribution is 2.19. The van der Waals surface area contributed by atoms with Gasteiger partial charge in [-0.05, 0) is 48.6 Å². The van der Waals surface area contributed by atoms with Gasteiger partial charge in [-0.3, -0.25) is 33.8 Å². The van der Waals surface area contributed by atoms with Crippen molar-refractivity contribution in [1.82, 2.24) is 31.6 Å². The Morgan fingerprint density at radius 2 is 1.22 bits per heavy atom. The Balaban J connectivity index is 1.96. The van der Waals surface area contributed by atoms with Crippen molar-refractivity contribution in [3.63, 3.8) is 0 Å². The minimum absolute atomic E-state index is 0.0451. The van der Waals surface area contributed by atoms with E-state index in [1.165, 1.54) is 0 Å². The van der Waals surface area contributed by atoms with Crippen LogP contribution in [0, 0.1) is 0 Å². The van der Waals surface area contributed by atoms with E-state index >= 15 is 0 Å². The number of aliphatic imine (C=N–C) groups is 1. The molecule has 3 rings (SSSR count). The number of nitrogens with zero attached hydrogens (tertiary/aromatic N) is 1. The Labute approximate surface area is 351 Å². The van der Waals surface area contributed by atoms with Crippen LogP contribution in [-0.4, -0.2) is 112 Å². The van der Waals surface area contributed by atoms with Crippen molar-refractivity contribution in [2.24, 2.45) is 27.9 Å². The van der Waals surface area contributed by atoms with Gasteiger partial charge in [-0.15, -0.1) is 0 Å². The van der Waals surface area contributed by atoms with Gasteiger partial charge in [0.2, 0.25) is 35.4 Å². The quantitative estimate of drug-likeness (QED) is 0.0198. The van der Waals surface area contributed by atoms with Gasteiger partial charge < -0.3 is 59.6 Å². The molecule has 0 aliphatic rings. The Kier molecular flexibility index (Phi) is 19.5. The first-order valence-electron chi connectivity index (χ1n) is 18.8. The fraction of sp³-hybridized carbons (Fsp3) is 0.421. The lowest BCUT2D eigenvalue weighted by molar-refractivity contribution is -0.141. The molecule has 0 radical (unpaired) electrons. The lowest BCUT2D eigenvalue weighted by Gasteiger charge is -2.27. The van der Waals surface area contributed by atoms with Crippen molar-refractivity contribution in [2.75, 3.05) is 18.1 Å². The van der Waals surface area contributed by atoms with Gasteiger partial charge in [0.25, 0.3) is 0 Å². The Morgan fingerprint density at radius 1 is 0.678 bits per heavy atom. The molecule has 6 amide bonds. The standard InChI is InChI=1S/C38H53N11O8S2/c39-24(14-16-58)32(51)45-27(12-13-31(40)50)34(53)47-28(17-21-7-2-1-3-8-21)35(54)46-26(11-6-15-43-38(41)42)33(52)48-29(36(55)49-30(20-59)37(56)57)18-22-19-44-25-10-5-4-9-23(22)25/h1-5,7-10,19,24,26-30,44,58-59H,6,11-18,20,39H2,(H2,40,50)(H,45,51)(H,46,54)(H,47,53)(H,48,52)(H,49,55)(H,56,57)(H4,41,42,43)/t24-,26-,27+,28+,29-,30-/m0/s1. The van der Waals surface area contributed by atoms with Crippen LogP contribution in [0.4, 0.5) is 0 Å². The first kappa shape index (κ1) is 47.6. The summed E-state index contributed by atoms with van der Waals surface area (Å²) in [4.78, 5) is 99.2. The zero-order valence-electron chi connectivity index (χ0n) is 32.3. The minimum Gasteiger partial charge on any atom is -0.480 e. The molecule has 1 heterocycles. The van der Waals surface area contributed by atoms with Crippen LogP contribution in [0.15, 0.2) is 65.8 Å². The van der Waals surface area contributed by atoms with E-state index in [4.69, 9.17) is 22.9 Å². The van der Waals surface area contributed by atoms with Crippen molar-refractivity contribution in [3.05, 3.63) is 71.9 Å².